The maximum Gasteiger partial charge on any atom is 0.251 e. The summed E-state index contributed by atoms with van der Waals surface area (Å²) < 4.78 is 45.0. The number of hydrogen-bond donors (Lipinski definition) is 0. The number of ether oxygens (including phenoxy) is 1. The van der Waals surface area contributed by atoms with Gasteiger partial charge in [-0.3, -0.25) is 9.29 Å². The average molecular weight is 444 g/mol. The molecule has 0 radical (unpaired) electrons. The van der Waals surface area contributed by atoms with Crippen molar-refractivity contribution in [1.82, 2.24) is 4.90 Å². The largest absolute Gasteiger partial charge is 0.494 e. The molecule has 1 aliphatic heterocycles. The zero-order chi connectivity index (χ0) is 22.5. The van der Waals surface area contributed by atoms with Crippen LogP contribution in [0.5, 0.6) is 5.75 Å². The Hall–Kier alpha value is -2.27. The molecular formula is C27H32F3NO. The van der Waals surface area contributed by atoms with Gasteiger partial charge in [0, 0.05) is 6.04 Å². The van der Waals surface area contributed by atoms with Gasteiger partial charge in [0.1, 0.15) is 5.75 Å². The van der Waals surface area contributed by atoms with Crippen LogP contribution in [-0.2, 0) is 6.42 Å². The molecule has 4 rings (SSSR count). The highest BCUT2D eigenvalue weighted by atomic mass is 19.3. The molecule has 2 aliphatic rings. The quantitative estimate of drug-likeness (QED) is 0.366. The van der Waals surface area contributed by atoms with E-state index in [1.807, 2.05) is 29.2 Å². The van der Waals surface area contributed by atoms with Crippen LogP contribution in [0.1, 0.15) is 61.8 Å². The zero-order valence-corrected chi connectivity index (χ0v) is 18.7. The second kappa shape index (κ2) is 10.6. The molecule has 0 aromatic heterocycles. The molecule has 0 saturated heterocycles. The van der Waals surface area contributed by atoms with Gasteiger partial charge in [0.15, 0.2) is 0 Å². The standard InChI is InChI=1S/C27H32F3NO/c1-19-16-24-23-9-5-4-8-21(23)17-25(24)27(31(19)18-26(29)30)20-10-12-22(13-11-20)32-15-7-3-2-6-14-28/h4-5,8-13,19,26-27H,2-3,6-7,14-18H2,1H3/t19-,27-/m1/s1. The molecule has 1 aliphatic carbocycles. The van der Waals surface area contributed by atoms with E-state index in [9.17, 15) is 13.2 Å². The van der Waals surface area contributed by atoms with Crippen LogP contribution in [0.4, 0.5) is 13.2 Å². The van der Waals surface area contributed by atoms with Gasteiger partial charge in [-0.05, 0) is 79.0 Å². The van der Waals surface area contributed by atoms with Crippen molar-refractivity contribution in [3.8, 4) is 5.75 Å². The van der Waals surface area contributed by atoms with E-state index in [1.54, 1.807) is 0 Å². The molecule has 1 heterocycles. The zero-order valence-electron chi connectivity index (χ0n) is 18.7. The van der Waals surface area contributed by atoms with E-state index in [0.29, 0.717) is 13.0 Å². The SMILES string of the molecule is C[C@@H]1CC2=C(Cc3ccccc32)[C@@H](c2ccc(OCCCCCCF)cc2)N1CC(F)F. The lowest BCUT2D eigenvalue weighted by Gasteiger charge is -2.42. The van der Waals surface area contributed by atoms with Gasteiger partial charge in [-0.1, -0.05) is 42.8 Å². The number of rotatable bonds is 10. The van der Waals surface area contributed by atoms with Gasteiger partial charge in [0.25, 0.3) is 6.43 Å². The van der Waals surface area contributed by atoms with E-state index in [2.05, 4.69) is 31.2 Å². The molecule has 2 aromatic carbocycles. The Bertz CT molecular complexity index is 925. The van der Waals surface area contributed by atoms with Gasteiger partial charge in [-0.15, -0.1) is 0 Å². The Labute approximate surface area is 189 Å². The first-order valence-corrected chi connectivity index (χ1v) is 11.7. The third-order valence-corrected chi connectivity index (χ3v) is 6.68. The van der Waals surface area contributed by atoms with Gasteiger partial charge in [-0.2, -0.15) is 0 Å². The minimum absolute atomic E-state index is 0.0409. The molecule has 0 amide bonds. The topological polar surface area (TPSA) is 12.5 Å². The Morgan fingerprint density at radius 2 is 1.75 bits per heavy atom. The Balaban J connectivity index is 1.53. The molecule has 0 fully saturated rings. The first-order valence-electron chi connectivity index (χ1n) is 11.7. The van der Waals surface area contributed by atoms with E-state index in [4.69, 9.17) is 4.74 Å². The third kappa shape index (κ3) is 5.03. The highest BCUT2D eigenvalue weighted by Crippen LogP contribution is 2.48. The summed E-state index contributed by atoms with van der Waals surface area (Å²) in [4.78, 5) is 1.97. The van der Waals surface area contributed by atoms with Crippen LogP contribution in [0.15, 0.2) is 54.1 Å². The summed E-state index contributed by atoms with van der Waals surface area (Å²) in [6, 6.07) is 16.2. The fraction of sp³-hybridized carbons (Fsp3) is 0.481. The summed E-state index contributed by atoms with van der Waals surface area (Å²) in [7, 11) is 0. The normalized spacial score (nSPS) is 20.5. The van der Waals surface area contributed by atoms with Gasteiger partial charge >= 0.3 is 0 Å². The van der Waals surface area contributed by atoms with E-state index in [1.165, 1.54) is 22.3 Å². The third-order valence-electron chi connectivity index (χ3n) is 6.68. The van der Waals surface area contributed by atoms with Crippen molar-refractivity contribution in [2.45, 2.75) is 64.0 Å². The number of fused-ring (bicyclic) bond motifs is 2. The minimum Gasteiger partial charge on any atom is -0.494 e. The number of unbranched alkanes of at least 4 members (excludes halogenated alkanes) is 3. The summed E-state index contributed by atoms with van der Waals surface area (Å²) in [5, 5.41) is 0. The van der Waals surface area contributed by atoms with Crippen LogP contribution in [0, 0.1) is 0 Å². The van der Waals surface area contributed by atoms with E-state index >= 15 is 0 Å². The second-order valence-corrected chi connectivity index (χ2v) is 8.90. The predicted molar refractivity (Wildman–Crippen MR) is 123 cm³/mol. The lowest BCUT2D eigenvalue weighted by Crippen LogP contribution is -2.43. The summed E-state index contributed by atoms with van der Waals surface area (Å²) in [5.74, 6) is 0.785. The Morgan fingerprint density at radius 3 is 2.50 bits per heavy atom. The highest BCUT2D eigenvalue weighted by Gasteiger charge is 2.39. The molecule has 2 nitrogen and oxygen atoms in total. The first kappa shape index (κ1) is 22.9. The van der Waals surface area contributed by atoms with Crippen LogP contribution in [0.2, 0.25) is 0 Å². The monoisotopic (exact) mass is 443 g/mol. The lowest BCUT2D eigenvalue weighted by atomic mass is 9.85. The van der Waals surface area contributed by atoms with Crippen LogP contribution in [0.25, 0.3) is 5.57 Å². The van der Waals surface area contributed by atoms with Crippen molar-refractivity contribution in [2.75, 3.05) is 19.8 Å². The number of alkyl halides is 3. The molecule has 0 N–H and O–H groups in total. The number of nitrogens with zero attached hydrogens (tertiary/aromatic N) is 1. The van der Waals surface area contributed by atoms with Crippen LogP contribution < -0.4 is 4.74 Å². The number of benzene rings is 2. The van der Waals surface area contributed by atoms with Gasteiger partial charge in [0.05, 0.1) is 25.9 Å². The van der Waals surface area contributed by atoms with Crippen molar-refractivity contribution < 1.29 is 17.9 Å². The molecule has 172 valence electrons. The van der Waals surface area contributed by atoms with Gasteiger partial charge in [0.2, 0.25) is 0 Å². The molecule has 0 spiro atoms. The van der Waals surface area contributed by atoms with Crippen molar-refractivity contribution in [1.29, 1.82) is 0 Å². The van der Waals surface area contributed by atoms with E-state index < -0.39 is 6.43 Å². The van der Waals surface area contributed by atoms with Crippen LogP contribution in [0.3, 0.4) is 0 Å². The van der Waals surface area contributed by atoms with Crippen molar-refractivity contribution in [3.63, 3.8) is 0 Å². The molecule has 0 unspecified atom stereocenters. The minimum atomic E-state index is -2.37. The summed E-state index contributed by atoms with van der Waals surface area (Å²) in [5.41, 5.74) is 6.20. The molecule has 0 saturated carbocycles. The Morgan fingerprint density at radius 1 is 1.00 bits per heavy atom. The molecule has 0 bridgehead atoms. The van der Waals surface area contributed by atoms with Gasteiger partial charge in [-0.25, -0.2) is 8.78 Å². The predicted octanol–water partition coefficient (Wildman–Crippen LogP) is 7.01. The first-order chi connectivity index (χ1) is 15.6. The van der Waals surface area contributed by atoms with Crippen LogP contribution >= 0.6 is 0 Å². The summed E-state index contributed by atoms with van der Waals surface area (Å²) in [6.45, 7) is 2.18. The van der Waals surface area contributed by atoms with Crippen molar-refractivity contribution >= 4 is 5.57 Å². The fourth-order valence-electron chi connectivity index (χ4n) is 5.15. The van der Waals surface area contributed by atoms with Crippen molar-refractivity contribution in [2.24, 2.45) is 0 Å². The number of hydrogen-bond acceptors (Lipinski definition) is 2. The molecule has 32 heavy (non-hydrogen) atoms. The van der Waals surface area contributed by atoms with E-state index in [0.717, 1.165) is 43.4 Å². The lowest BCUT2D eigenvalue weighted by molar-refractivity contribution is 0.0482. The van der Waals surface area contributed by atoms with Crippen LogP contribution in [-0.4, -0.2) is 37.2 Å². The Kier molecular flexibility index (Phi) is 7.56. The maximum absolute atomic E-state index is 13.5. The van der Waals surface area contributed by atoms with E-state index in [-0.39, 0.29) is 25.3 Å². The molecule has 2 atom stereocenters. The van der Waals surface area contributed by atoms with Crippen molar-refractivity contribution in [3.05, 3.63) is 70.8 Å². The maximum atomic E-state index is 13.5. The number of halogens is 3. The smallest absolute Gasteiger partial charge is 0.251 e. The summed E-state index contributed by atoms with van der Waals surface area (Å²) >= 11 is 0. The average Bonchev–Trinajstić information content (AvgIpc) is 3.15. The van der Waals surface area contributed by atoms with Gasteiger partial charge < -0.3 is 4.74 Å². The molecular weight excluding hydrogens is 411 g/mol. The second-order valence-electron chi connectivity index (χ2n) is 8.90. The fourth-order valence-corrected chi connectivity index (χ4v) is 5.15. The molecule has 2 aromatic rings. The highest BCUT2D eigenvalue weighted by molar-refractivity contribution is 5.78. The summed E-state index contributed by atoms with van der Waals surface area (Å²) in [6.07, 6.45) is 2.62. The molecule has 5 heteroatoms.